The molecule has 12 heteroatoms. The number of nitrogens with zero attached hydrogens (tertiary/aromatic N) is 1. The molecule has 3 aromatic carbocycles. The third kappa shape index (κ3) is 8.32. The number of benzene rings is 3. The molecule has 0 spiro atoms. The maximum atomic E-state index is 13.0. The van der Waals surface area contributed by atoms with Crippen LogP contribution >= 0.6 is 0 Å². The Morgan fingerprint density at radius 1 is 0.600 bits per heavy atom. The Kier molecular flexibility index (Phi) is 9.56. The van der Waals surface area contributed by atoms with E-state index >= 15 is 0 Å². The number of rotatable bonds is 9. The molecule has 0 unspecified atom stereocenters. The number of hydrogen-bond acceptors (Lipinski definition) is 5. The highest BCUT2D eigenvalue weighted by molar-refractivity contribution is 5.94. The lowest BCUT2D eigenvalue weighted by atomic mass is 10.1. The number of ether oxygens (including phenoxy) is 2. The van der Waals surface area contributed by atoms with Crippen LogP contribution in [0.25, 0.3) is 0 Å². The summed E-state index contributed by atoms with van der Waals surface area (Å²) in [6.45, 7) is 0.748. The van der Waals surface area contributed by atoms with Gasteiger partial charge in [-0.1, -0.05) is 17.7 Å². The lowest BCUT2D eigenvalue weighted by Crippen LogP contribution is -2.37. The fraction of sp³-hybridized carbons (Fsp3) is 0.250. The summed E-state index contributed by atoms with van der Waals surface area (Å²) in [4.78, 5) is 38.7. The molecule has 212 valence electrons. The fourth-order valence-corrected chi connectivity index (χ4v) is 3.45. The van der Waals surface area contributed by atoms with Crippen LogP contribution in [0.2, 0.25) is 0 Å². The molecule has 0 atom stereocenters. The van der Waals surface area contributed by atoms with E-state index in [0.717, 1.165) is 59.0 Å². The molecule has 0 fully saturated rings. The normalized spacial score (nSPS) is 11.6. The Hall–Kier alpha value is -4.35. The van der Waals surface area contributed by atoms with Gasteiger partial charge in [-0.25, -0.2) is 9.59 Å². The number of esters is 2. The number of carbonyl (C=O) groups is 3. The molecule has 0 aliphatic heterocycles. The average Bonchev–Trinajstić information content (AvgIpc) is 2.91. The summed E-state index contributed by atoms with van der Waals surface area (Å²) in [7, 11) is 0. The van der Waals surface area contributed by atoms with Crippen molar-refractivity contribution in [2.45, 2.75) is 19.3 Å². The summed E-state index contributed by atoms with van der Waals surface area (Å²) in [6.07, 6.45) is -9.18. The summed E-state index contributed by atoms with van der Waals surface area (Å²) in [6, 6.07) is 13.3. The zero-order valence-corrected chi connectivity index (χ0v) is 21.0. The highest BCUT2D eigenvalue weighted by Crippen LogP contribution is 2.30. The van der Waals surface area contributed by atoms with Gasteiger partial charge in [-0.2, -0.15) is 26.3 Å². The molecule has 0 aromatic heterocycles. The number of hydrogen-bond donors (Lipinski definition) is 0. The van der Waals surface area contributed by atoms with Gasteiger partial charge in [0.25, 0.3) is 5.91 Å². The van der Waals surface area contributed by atoms with Gasteiger partial charge in [0, 0.05) is 5.56 Å². The van der Waals surface area contributed by atoms with Crippen LogP contribution in [0.3, 0.4) is 0 Å². The van der Waals surface area contributed by atoms with E-state index in [-0.39, 0.29) is 36.4 Å². The highest BCUT2D eigenvalue weighted by Gasteiger charge is 2.31. The third-order valence-corrected chi connectivity index (χ3v) is 5.67. The van der Waals surface area contributed by atoms with E-state index in [9.17, 15) is 40.7 Å². The fourth-order valence-electron chi connectivity index (χ4n) is 3.45. The van der Waals surface area contributed by atoms with Crippen LogP contribution in [-0.4, -0.2) is 49.0 Å². The van der Waals surface area contributed by atoms with Gasteiger partial charge in [-0.15, -0.1) is 0 Å². The predicted octanol–water partition coefficient (Wildman–Crippen LogP) is 6.19. The van der Waals surface area contributed by atoms with Crippen LogP contribution in [0.15, 0.2) is 72.8 Å². The second-order valence-corrected chi connectivity index (χ2v) is 8.58. The summed E-state index contributed by atoms with van der Waals surface area (Å²) in [5.74, 6) is -2.32. The van der Waals surface area contributed by atoms with E-state index in [2.05, 4.69) is 0 Å². The maximum absolute atomic E-state index is 13.0. The minimum Gasteiger partial charge on any atom is -0.460 e. The van der Waals surface area contributed by atoms with Crippen molar-refractivity contribution >= 4 is 17.8 Å². The Balaban J connectivity index is 1.65. The summed E-state index contributed by atoms with van der Waals surface area (Å²) >= 11 is 0. The molecule has 1 amide bonds. The van der Waals surface area contributed by atoms with Crippen LogP contribution in [0.5, 0.6) is 0 Å². The number of alkyl halides is 6. The van der Waals surface area contributed by atoms with Crippen molar-refractivity contribution in [3.63, 3.8) is 0 Å². The average molecular weight is 567 g/mol. The maximum Gasteiger partial charge on any atom is 0.416 e. The van der Waals surface area contributed by atoms with Crippen molar-refractivity contribution in [2.24, 2.45) is 0 Å². The first-order chi connectivity index (χ1) is 18.8. The van der Waals surface area contributed by atoms with E-state index in [1.165, 1.54) is 0 Å². The van der Waals surface area contributed by atoms with Gasteiger partial charge < -0.3 is 14.4 Å². The topological polar surface area (TPSA) is 72.9 Å². The minimum absolute atomic E-state index is 0.0908. The molecule has 0 bridgehead atoms. The molecule has 0 aliphatic carbocycles. The summed E-state index contributed by atoms with van der Waals surface area (Å²) in [5.41, 5.74) is -0.939. The van der Waals surface area contributed by atoms with Crippen molar-refractivity contribution in [2.75, 3.05) is 26.3 Å². The Morgan fingerprint density at radius 3 is 1.32 bits per heavy atom. The number of amides is 1. The third-order valence-electron chi connectivity index (χ3n) is 5.67. The lowest BCUT2D eigenvalue weighted by molar-refractivity contribution is -0.138. The lowest BCUT2D eigenvalue weighted by Gasteiger charge is -2.23. The predicted molar refractivity (Wildman–Crippen MR) is 131 cm³/mol. The number of halogens is 6. The molecule has 0 saturated heterocycles. The molecule has 40 heavy (non-hydrogen) atoms. The van der Waals surface area contributed by atoms with E-state index < -0.39 is 47.9 Å². The van der Waals surface area contributed by atoms with Gasteiger partial charge in [0.05, 0.1) is 35.3 Å². The van der Waals surface area contributed by atoms with Crippen molar-refractivity contribution < 1.29 is 50.2 Å². The van der Waals surface area contributed by atoms with Crippen LogP contribution < -0.4 is 0 Å². The van der Waals surface area contributed by atoms with Gasteiger partial charge in [-0.05, 0) is 67.6 Å². The SMILES string of the molecule is Cc1ccc(C(=O)OCCN(CCOC(=O)c2ccc(C(F)(F)F)cc2)C(=O)c2ccc(C(F)(F)F)cc2)cc1. The largest absolute Gasteiger partial charge is 0.460 e. The van der Waals surface area contributed by atoms with Crippen molar-refractivity contribution in [3.8, 4) is 0 Å². The van der Waals surface area contributed by atoms with E-state index in [4.69, 9.17) is 9.47 Å². The van der Waals surface area contributed by atoms with E-state index in [0.29, 0.717) is 0 Å². The smallest absolute Gasteiger partial charge is 0.416 e. The first kappa shape index (κ1) is 30.2. The van der Waals surface area contributed by atoms with Gasteiger partial charge in [0.15, 0.2) is 0 Å². The van der Waals surface area contributed by atoms with Gasteiger partial charge >= 0.3 is 24.3 Å². The first-order valence-corrected chi connectivity index (χ1v) is 11.8. The second kappa shape index (κ2) is 12.7. The molecule has 6 nitrogen and oxygen atoms in total. The second-order valence-electron chi connectivity index (χ2n) is 8.58. The molecule has 0 radical (unpaired) electrons. The Morgan fingerprint density at radius 2 is 0.950 bits per heavy atom. The summed E-state index contributed by atoms with van der Waals surface area (Å²) in [5, 5.41) is 0. The van der Waals surface area contributed by atoms with Crippen molar-refractivity contribution in [3.05, 3.63) is 106 Å². The Labute approximate surface area is 225 Å². The number of aryl methyl sites for hydroxylation is 1. The molecule has 0 N–H and O–H groups in total. The molecule has 0 saturated carbocycles. The zero-order valence-electron chi connectivity index (χ0n) is 21.0. The summed E-state index contributed by atoms with van der Waals surface area (Å²) < 4.78 is 87.2. The van der Waals surface area contributed by atoms with Crippen molar-refractivity contribution in [1.82, 2.24) is 4.90 Å². The van der Waals surface area contributed by atoms with Gasteiger partial charge in [0.2, 0.25) is 0 Å². The Bertz CT molecular complexity index is 1320. The van der Waals surface area contributed by atoms with E-state index in [1.54, 1.807) is 24.3 Å². The minimum atomic E-state index is -4.60. The van der Waals surface area contributed by atoms with Crippen LogP contribution in [0, 0.1) is 6.92 Å². The molecule has 0 aliphatic rings. The van der Waals surface area contributed by atoms with E-state index in [1.807, 2.05) is 6.92 Å². The van der Waals surface area contributed by atoms with Gasteiger partial charge in [0.1, 0.15) is 13.2 Å². The van der Waals surface area contributed by atoms with Crippen LogP contribution in [0.4, 0.5) is 26.3 Å². The number of carbonyl (C=O) groups excluding carboxylic acids is 3. The monoisotopic (exact) mass is 567 g/mol. The molecule has 3 aromatic rings. The standard InChI is InChI=1S/C28H23F6NO5/c1-18-2-4-20(5-3-18)25(37)39-16-14-35(24(36)19-6-10-22(11-7-19)27(29,30)31)15-17-40-26(38)21-8-12-23(13-9-21)28(32,33)34/h2-13H,14-17H2,1H3. The zero-order chi connectivity index (χ0) is 29.5. The van der Waals surface area contributed by atoms with Crippen LogP contribution in [-0.2, 0) is 21.8 Å². The first-order valence-electron chi connectivity index (χ1n) is 11.8. The van der Waals surface area contributed by atoms with Crippen molar-refractivity contribution in [1.29, 1.82) is 0 Å². The molecular weight excluding hydrogens is 544 g/mol. The molecule has 0 heterocycles. The highest BCUT2D eigenvalue weighted by atomic mass is 19.4. The van der Waals surface area contributed by atoms with Crippen LogP contribution in [0.1, 0.15) is 47.8 Å². The quantitative estimate of drug-likeness (QED) is 0.228. The molecular formula is C28H23F6NO5. The molecule has 3 rings (SSSR count). The van der Waals surface area contributed by atoms with Gasteiger partial charge in [-0.3, -0.25) is 4.79 Å².